The number of nitrogens with two attached hydrogens (primary N) is 1. The molecule has 1 aliphatic heterocycles. The number of imide groups is 2. The highest BCUT2D eigenvalue weighted by Gasteiger charge is 2.34. The SMILES string of the molecule is NCC(=O)NCC(=O)N(C(=O)CCCCCN1C(=O)C=CC1=O)[C@@H](Cc1ccccc1)C(=O)O. The Morgan fingerprint density at radius 2 is 1.62 bits per heavy atom. The molecule has 0 aliphatic carbocycles. The fraction of sp³-hybridized carbons (Fsp3) is 0.391. The Morgan fingerprint density at radius 3 is 2.21 bits per heavy atom. The molecule has 0 aromatic heterocycles. The largest absolute Gasteiger partial charge is 0.480 e. The molecule has 1 aromatic carbocycles. The molecule has 0 saturated carbocycles. The van der Waals surface area contributed by atoms with E-state index in [-0.39, 0.29) is 37.7 Å². The molecule has 182 valence electrons. The fourth-order valence-electron chi connectivity index (χ4n) is 3.44. The van der Waals surface area contributed by atoms with E-state index >= 15 is 0 Å². The third kappa shape index (κ3) is 7.62. The first-order valence-electron chi connectivity index (χ1n) is 10.9. The molecule has 2 rings (SSSR count). The highest BCUT2D eigenvalue weighted by atomic mass is 16.4. The summed E-state index contributed by atoms with van der Waals surface area (Å²) in [6.07, 6.45) is 3.43. The molecule has 0 radical (unpaired) electrons. The molecular weight excluding hydrogens is 444 g/mol. The minimum Gasteiger partial charge on any atom is -0.480 e. The topological polar surface area (TPSA) is 167 Å². The van der Waals surface area contributed by atoms with Crippen LogP contribution in [0.3, 0.4) is 0 Å². The first kappa shape index (κ1) is 26.4. The van der Waals surface area contributed by atoms with Gasteiger partial charge in [0.2, 0.25) is 17.7 Å². The lowest BCUT2D eigenvalue weighted by Crippen LogP contribution is -2.53. The maximum Gasteiger partial charge on any atom is 0.327 e. The summed E-state index contributed by atoms with van der Waals surface area (Å²) < 4.78 is 0. The zero-order valence-corrected chi connectivity index (χ0v) is 18.6. The summed E-state index contributed by atoms with van der Waals surface area (Å²) in [6, 6.07) is 7.12. The van der Waals surface area contributed by atoms with Gasteiger partial charge in [0.05, 0.1) is 13.1 Å². The molecule has 5 amide bonds. The monoisotopic (exact) mass is 472 g/mol. The molecule has 0 bridgehead atoms. The molecule has 1 aliphatic rings. The number of hydrogen-bond donors (Lipinski definition) is 3. The van der Waals surface area contributed by atoms with Gasteiger partial charge in [0.25, 0.3) is 11.8 Å². The Labute approximate surface area is 196 Å². The van der Waals surface area contributed by atoms with Crippen molar-refractivity contribution in [1.82, 2.24) is 15.1 Å². The number of aliphatic carboxylic acids is 1. The number of carboxylic acid groups (broad SMARTS) is 1. The number of nitrogens with zero attached hydrogens (tertiary/aromatic N) is 2. The maximum absolute atomic E-state index is 12.9. The van der Waals surface area contributed by atoms with Gasteiger partial charge in [0, 0.05) is 31.5 Å². The van der Waals surface area contributed by atoms with E-state index in [9.17, 15) is 33.9 Å². The minimum atomic E-state index is -1.46. The maximum atomic E-state index is 12.9. The lowest BCUT2D eigenvalue weighted by Gasteiger charge is -2.28. The van der Waals surface area contributed by atoms with Crippen molar-refractivity contribution in [3.8, 4) is 0 Å². The molecular formula is C23H28N4O7. The zero-order chi connectivity index (χ0) is 25.1. The van der Waals surface area contributed by atoms with Crippen LogP contribution >= 0.6 is 0 Å². The quantitative estimate of drug-likeness (QED) is 0.257. The highest BCUT2D eigenvalue weighted by Crippen LogP contribution is 2.14. The van der Waals surface area contributed by atoms with Crippen LogP contribution in [0.25, 0.3) is 0 Å². The van der Waals surface area contributed by atoms with Crippen molar-refractivity contribution in [1.29, 1.82) is 0 Å². The van der Waals surface area contributed by atoms with E-state index in [1.165, 1.54) is 12.2 Å². The third-order valence-corrected chi connectivity index (χ3v) is 5.20. The highest BCUT2D eigenvalue weighted by molar-refractivity contribution is 6.12. The van der Waals surface area contributed by atoms with Crippen molar-refractivity contribution >= 4 is 35.5 Å². The molecule has 0 unspecified atom stereocenters. The van der Waals surface area contributed by atoms with Gasteiger partial charge in [-0.05, 0) is 18.4 Å². The summed E-state index contributed by atoms with van der Waals surface area (Å²) >= 11 is 0. The van der Waals surface area contributed by atoms with E-state index in [1.54, 1.807) is 30.3 Å². The van der Waals surface area contributed by atoms with Gasteiger partial charge in [-0.25, -0.2) is 4.79 Å². The number of rotatable bonds is 13. The summed E-state index contributed by atoms with van der Waals surface area (Å²) in [4.78, 5) is 74.1. The number of nitrogens with one attached hydrogen (secondary N) is 1. The van der Waals surface area contributed by atoms with Crippen molar-refractivity contribution in [2.24, 2.45) is 5.73 Å². The van der Waals surface area contributed by atoms with Crippen molar-refractivity contribution in [3.63, 3.8) is 0 Å². The molecule has 0 fully saturated rings. The summed E-state index contributed by atoms with van der Waals surface area (Å²) in [5, 5.41) is 12.0. The normalized spacial score (nSPS) is 13.6. The van der Waals surface area contributed by atoms with Crippen LogP contribution in [0, 0.1) is 0 Å². The molecule has 11 nitrogen and oxygen atoms in total. The summed E-state index contributed by atoms with van der Waals surface area (Å²) in [7, 11) is 0. The number of unbranched alkanes of at least 4 members (excludes halogenated alkanes) is 2. The van der Waals surface area contributed by atoms with E-state index in [1.807, 2.05) is 0 Å². The molecule has 11 heteroatoms. The average Bonchev–Trinajstić information content (AvgIpc) is 3.14. The van der Waals surface area contributed by atoms with Crippen LogP contribution in [0.1, 0.15) is 31.2 Å². The number of benzene rings is 1. The van der Waals surface area contributed by atoms with Gasteiger partial charge in [0.15, 0.2) is 0 Å². The predicted molar refractivity (Wildman–Crippen MR) is 120 cm³/mol. The summed E-state index contributed by atoms with van der Waals surface area (Å²) in [6.45, 7) is -0.712. The number of hydrogen-bond acceptors (Lipinski definition) is 7. The first-order valence-corrected chi connectivity index (χ1v) is 10.9. The number of carboxylic acids is 1. The van der Waals surface area contributed by atoms with Gasteiger partial charge in [-0.15, -0.1) is 0 Å². The van der Waals surface area contributed by atoms with Gasteiger partial charge in [-0.3, -0.25) is 33.8 Å². The van der Waals surface area contributed by atoms with Gasteiger partial charge in [0.1, 0.15) is 6.04 Å². The van der Waals surface area contributed by atoms with Crippen LogP contribution in [-0.2, 0) is 35.2 Å². The first-order chi connectivity index (χ1) is 16.2. The van der Waals surface area contributed by atoms with Crippen LogP contribution in [0.4, 0.5) is 0 Å². The van der Waals surface area contributed by atoms with Gasteiger partial charge in [-0.1, -0.05) is 36.8 Å². The van der Waals surface area contributed by atoms with E-state index in [0.29, 0.717) is 29.7 Å². The van der Waals surface area contributed by atoms with Crippen LogP contribution in [0.15, 0.2) is 42.5 Å². The molecule has 0 saturated heterocycles. The third-order valence-electron chi connectivity index (χ3n) is 5.20. The predicted octanol–water partition coefficient (Wildman–Crippen LogP) is -0.402. The second-order valence-corrected chi connectivity index (χ2v) is 7.65. The number of carbonyl (C=O) groups is 6. The van der Waals surface area contributed by atoms with Crippen LogP contribution in [-0.4, -0.2) is 76.1 Å². The zero-order valence-electron chi connectivity index (χ0n) is 18.6. The number of carbonyl (C=O) groups excluding carboxylic acids is 5. The van der Waals surface area contributed by atoms with Gasteiger partial charge >= 0.3 is 5.97 Å². The Balaban J connectivity index is 2.02. The second-order valence-electron chi connectivity index (χ2n) is 7.65. The molecule has 34 heavy (non-hydrogen) atoms. The van der Waals surface area contributed by atoms with Crippen LogP contribution in [0.5, 0.6) is 0 Å². The molecule has 0 spiro atoms. The lowest BCUT2D eigenvalue weighted by atomic mass is 10.0. The Hall–Kier alpha value is -3.86. The van der Waals surface area contributed by atoms with E-state index < -0.39 is 36.3 Å². The minimum absolute atomic E-state index is 0.0926. The van der Waals surface area contributed by atoms with Gasteiger partial charge < -0.3 is 16.2 Å². The van der Waals surface area contributed by atoms with E-state index in [0.717, 1.165) is 4.90 Å². The van der Waals surface area contributed by atoms with Crippen molar-refractivity contribution < 1.29 is 33.9 Å². The molecule has 1 aromatic rings. The molecule has 4 N–H and O–H groups in total. The van der Waals surface area contributed by atoms with Crippen molar-refractivity contribution in [3.05, 3.63) is 48.0 Å². The summed E-state index contributed by atoms with van der Waals surface area (Å²) in [5.74, 6) is -4.28. The van der Waals surface area contributed by atoms with E-state index in [2.05, 4.69) is 5.32 Å². The van der Waals surface area contributed by atoms with Crippen LogP contribution < -0.4 is 11.1 Å². The Bertz CT molecular complexity index is 943. The van der Waals surface area contributed by atoms with Crippen molar-refractivity contribution in [2.45, 2.75) is 38.1 Å². The lowest BCUT2D eigenvalue weighted by molar-refractivity contribution is -0.158. The Morgan fingerprint density at radius 1 is 0.971 bits per heavy atom. The van der Waals surface area contributed by atoms with Gasteiger partial charge in [-0.2, -0.15) is 0 Å². The molecule has 1 heterocycles. The number of amides is 5. The summed E-state index contributed by atoms with van der Waals surface area (Å²) in [5.41, 5.74) is 5.84. The fourth-order valence-corrected chi connectivity index (χ4v) is 3.44. The molecule has 1 atom stereocenters. The second kappa shape index (κ2) is 13.0. The average molecular weight is 472 g/mol. The standard InChI is InChI=1S/C23H28N4O7/c24-14-18(28)25-15-22(32)27(17(23(33)34)13-16-7-3-1-4-8-16)21(31)9-5-2-6-12-26-19(29)10-11-20(26)30/h1,3-4,7-8,10-11,17H,2,5-6,9,12-15,24H2,(H,25,28)(H,33,34)/t17-/m0/s1. The van der Waals surface area contributed by atoms with E-state index in [4.69, 9.17) is 5.73 Å². The van der Waals surface area contributed by atoms with Crippen molar-refractivity contribution in [2.75, 3.05) is 19.6 Å². The smallest absolute Gasteiger partial charge is 0.327 e. The van der Waals surface area contributed by atoms with Crippen LogP contribution in [0.2, 0.25) is 0 Å². The Kier molecular flexibility index (Phi) is 10.1.